The Kier molecular flexibility index (Phi) is 6.92. The highest BCUT2D eigenvalue weighted by molar-refractivity contribution is 7.17. The van der Waals surface area contributed by atoms with Crippen molar-refractivity contribution in [2.45, 2.75) is 39.5 Å². The zero-order chi connectivity index (χ0) is 22.5. The van der Waals surface area contributed by atoms with Crippen LogP contribution in [0, 0.1) is 18.3 Å². The van der Waals surface area contributed by atoms with Crippen molar-refractivity contribution >= 4 is 40.3 Å². The lowest BCUT2D eigenvalue weighted by molar-refractivity contribution is -0.112. The molecule has 1 N–H and O–H groups in total. The third-order valence-corrected chi connectivity index (χ3v) is 6.08. The first kappa shape index (κ1) is 22.3. The summed E-state index contributed by atoms with van der Waals surface area (Å²) in [6.45, 7) is 3.53. The van der Waals surface area contributed by atoms with Gasteiger partial charge in [-0.3, -0.25) is 4.79 Å². The molecule has 0 aromatic carbocycles. The van der Waals surface area contributed by atoms with Crippen LogP contribution in [0.25, 0.3) is 6.08 Å². The molecule has 2 aromatic heterocycles. The number of furan rings is 1. The van der Waals surface area contributed by atoms with Crippen molar-refractivity contribution in [2.75, 3.05) is 19.0 Å². The maximum Gasteiger partial charge on any atom is 0.341 e. The molecule has 162 valence electrons. The van der Waals surface area contributed by atoms with E-state index in [9.17, 15) is 19.6 Å². The number of hydrogen-bond acceptors (Lipinski definition) is 8. The van der Waals surface area contributed by atoms with Crippen LogP contribution in [0.3, 0.4) is 0 Å². The number of esters is 2. The number of carbonyl (C=O) groups excluding carboxylic acids is 3. The predicted octanol–water partition coefficient (Wildman–Crippen LogP) is 4.04. The van der Waals surface area contributed by atoms with Crippen LogP contribution in [0.15, 0.2) is 16.1 Å². The van der Waals surface area contributed by atoms with Gasteiger partial charge in [-0.25, -0.2) is 9.59 Å². The molecule has 1 aliphatic carbocycles. The Bertz CT molecular complexity index is 1100. The van der Waals surface area contributed by atoms with Crippen LogP contribution in [0.4, 0.5) is 5.00 Å². The smallest absolute Gasteiger partial charge is 0.341 e. The fourth-order valence-electron chi connectivity index (χ4n) is 3.42. The van der Waals surface area contributed by atoms with Crippen molar-refractivity contribution in [3.05, 3.63) is 44.7 Å². The quantitative estimate of drug-likeness (QED) is 0.407. The topological polar surface area (TPSA) is 119 Å². The van der Waals surface area contributed by atoms with Gasteiger partial charge in [0.15, 0.2) is 0 Å². The second kappa shape index (κ2) is 9.62. The summed E-state index contributed by atoms with van der Waals surface area (Å²) in [6.07, 6.45) is 4.82. The van der Waals surface area contributed by atoms with Crippen molar-refractivity contribution in [1.82, 2.24) is 0 Å². The monoisotopic (exact) mass is 442 g/mol. The van der Waals surface area contributed by atoms with Gasteiger partial charge in [-0.2, -0.15) is 5.26 Å². The minimum atomic E-state index is -0.680. The highest BCUT2D eigenvalue weighted by Gasteiger charge is 2.28. The summed E-state index contributed by atoms with van der Waals surface area (Å²) in [4.78, 5) is 38.1. The first-order chi connectivity index (χ1) is 14.9. The number of fused-ring (bicyclic) bond motifs is 1. The Labute approximate surface area is 183 Å². The Morgan fingerprint density at radius 1 is 1.29 bits per heavy atom. The Morgan fingerprint density at radius 2 is 2.03 bits per heavy atom. The largest absolute Gasteiger partial charge is 0.465 e. The summed E-state index contributed by atoms with van der Waals surface area (Å²) < 4.78 is 15.3. The fourth-order valence-corrected chi connectivity index (χ4v) is 4.70. The van der Waals surface area contributed by atoms with Gasteiger partial charge < -0.3 is 19.2 Å². The average molecular weight is 442 g/mol. The average Bonchev–Trinajstić information content (AvgIpc) is 3.30. The molecule has 0 saturated carbocycles. The van der Waals surface area contributed by atoms with Crippen molar-refractivity contribution in [2.24, 2.45) is 0 Å². The number of nitriles is 1. The maximum absolute atomic E-state index is 12.8. The Morgan fingerprint density at radius 3 is 2.71 bits per heavy atom. The third-order valence-electron chi connectivity index (χ3n) is 4.87. The van der Waals surface area contributed by atoms with Crippen LogP contribution in [-0.2, 0) is 27.1 Å². The summed E-state index contributed by atoms with van der Waals surface area (Å²) in [5.41, 5.74) is 1.26. The molecule has 0 spiro atoms. The summed E-state index contributed by atoms with van der Waals surface area (Å²) in [5, 5.41) is 12.6. The highest BCUT2D eigenvalue weighted by atomic mass is 32.1. The molecular formula is C22H22N2O6S. The van der Waals surface area contributed by atoms with Crippen molar-refractivity contribution < 1.29 is 28.3 Å². The summed E-state index contributed by atoms with van der Waals surface area (Å²) >= 11 is 1.34. The number of amides is 1. The van der Waals surface area contributed by atoms with Gasteiger partial charge in [0, 0.05) is 11.0 Å². The van der Waals surface area contributed by atoms with Gasteiger partial charge in [0.1, 0.15) is 33.7 Å². The SMILES string of the molecule is CCOC(=O)c1c(NC(=O)/C(C#N)=C/c2cc(C(=O)OC)c(C)o2)sc2c1CCCC2. The molecule has 0 unspecified atom stereocenters. The number of nitrogens with zero attached hydrogens (tertiary/aromatic N) is 1. The van der Waals surface area contributed by atoms with Gasteiger partial charge in [-0.05, 0) is 51.2 Å². The number of anilines is 1. The van der Waals surface area contributed by atoms with Gasteiger partial charge >= 0.3 is 11.9 Å². The Hall–Kier alpha value is -3.38. The molecule has 0 saturated heterocycles. The van der Waals surface area contributed by atoms with Gasteiger partial charge in [-0.1, -0.05) is 0 Å². The first-order valence-electron chi connectivity index (χ1n) is 9.83. The van der Waals surface area contributed by atoms with E-state index in [-0.39, 0.29) is 23.5 Å². The number of ether oxygens (including phenoxy) is 2. The van der Waals surface area contributed by atoms with Crippen LogP contribution < -0.4 is 5.32 Å². The van der Waals surface area contributed by atoms with E-state index in [4.69, 9.17) is 9.15 Å². The van der Waals surface area contributed by atoms with Crippen LogP contribution in [0.2, 0.25) is 0 Å². The van der Waals surface area contributed by atoms with E-state index in [1.54, 1.807) is 13.8 Å². The summed E-state index contributed by atoms with van der Waals surface area (Å²) in [6, 6.07) is 3.24. The molecule has 9 heteroatoms. The van der Waals surface area contributed by atoms with Gasteiger partial charge in [0.05, 0.1) is 19.3 Å². The van der Waals surface area contributed by atoms with E-state index in [1.165, 1.54) is 30.6 Å². The first-order valence-corrected chi connectivity index (χ1v) is 10.6. The second-order valence-corrected chi connectivity index (χ2v) is 7.97. The molecule has 0 fully saturated rings. The fraction of sp³-hybridized carbons (Fsp3) is 0.364. The predicted molar refractivity (Wildman–Crippen MR) is 114 cm³/mol. The standard InChI is InChI=1S/C22H22N2O6S/c1-4-29-22(27)18-15-7-5-6-8-17(15)31-20(18)24-19(25)13(11-23)9-14-10-16(12(2)30-14)21(26)28-3/h9-10H,4-8H2,1-3H3,(H,24,25)/b13-9+. The zero-order valence-electron chi connectivity index (χ0n) is 17.5. The normalized spacial score (nSPS) is 13.2. The van der Waals surface area contributed by atoms with E-state index >= 15 is 0 Å². The number of hydrogen-bond donors (Lipinski definition) is 1. The molecular weight excluding hydrogens is 420 g/mol. The zero-order valence-corrected chi connectivity index (χ0v) is 18.3. The van der Waals surface area contributed by atoms with E-state index in [0.29, 0.717) is 16.3 Å². The minimum absolute atomic E-state index is 0.167. The maximum atomic E-state index is 12.8. The van der Waals surface area contributed by atoms with Crippen LogP contribution >= 0.6 is 11.3 Å². The van der Waals surface area contributed by atoms with Crippen molar-refractivity contribution in [3.8, 4) is 6.07 Å². The van der Waals surface area contributed by atoms with Gasteiger partial charge in [0.2, 0.25) is 0 Å². The summed E-state index contributed by atoms with van der Waals surface area (Å²) in [5.74, 6) is -1.26. The lowest BCUT2D eigenvalue weighted by Crippen LogP contribution is -2.16. The molecule has 0 atom stereocenters. The van der Waals surface area contributed by atoms with Gasteiger partial charge in [0.25, 0.3) is 5.91 Å². The minimum Gasteiger partial charge on any atom is -0.465 e. The van der Waals surface area contributed by atoms with E-state index in [2.05, 4.69) is 10.1 Å². The van der Waals surface area contributed by atoms with E-state index < -0.39 is 17.8 Å². The number of methoxy groups -OCH3 is 1. The highest BCUT2D eigenvalue weighted by Crippen LogP contribution is 2.38. The summed E-state index contributed by atoms with van der Waals surface area (Å²) in [7, 11) is 1.25. The number of carbonyl (C=O) groups is 3. The Balaban J connectivity index is 1.90. The van der Waals surface area contributed by atoms with E-state index in [0.717, 1.165) is 36.1 Å². The molecule has 3 rings (SSSR count). The molecule has 0 bridgehead atoms. The number of nitrogens with one attached hydrogen (secondary N) is 1. The van der Waals surface area contributed by atoms with Gasteiger partial charge in [-0.15, -0.1) is 11.3 Å². The molecule has 0 aliphatic heterocycles. The molecule has 8 nitrogen and oxygen atoms in total. The lowest BCUT2D eigenvalue weighted by atomic mass is 9.95. The van der Waals surface area contributed by atoms with Crippen LogP contribution in [-0.4, -0.2) is 31.6 Å². The molecule has 0 radical (unpaired) electrons. The number of thiophene rings is 1. The molecule has 1 amide bonds. The molecule has 2 heterocycles. The number of aryl methyl sites for hydroxylation is 2. The lowest BCUT2D eigenvalue weighted by Gasteiger charge is -2.12. The van der Waals surface area contributed by atoms with E-state index in [1.807, 2.05) is 6.07 Å². The second-order valence-electron chi connectivity index (χ2n) is 6.87. The van der Waals surface area contributed by atoms with Crippen molar-refractivity contribution in [3.63, 3.8) is 0 Å². The third kappa shape index (κ3) is 4.70. The number of rotatable bonds is 6. The van der Waals surface area contributed by atoms with Crippen LogP contribution in [0.1, 0.15) is 62.4 Å². The van der Waals surface area contributed by atoms with Crippen molar-refractivity contribution in [1.29, 1.82) is 5.26 Å². The molecule has 1 aliphatic rings. The van der Waals surface area contributed by atoms with Crippen LogP contribution in [0.5, 0.6) is 0 Å². The molecule has 31 heavy (non-hydrogen) atoms. The molecule has 2 aromatic rings.